The molecule has 2 N–H and O–H groups in total. The number of alkyl carbamates (subject to hydrolysis) is 1. The van der Waals surface area contributed by atoms with E-state index in [1.807, 2.05) is 6.07 Å². The molecular formula is C19H27NO8. The van der Waals surface area contributed by atoms with Gasteiger partial charge in [0, 0.05) is 6.61 Å². The van der Waals surface area contributed by atoms with Crippen LogP contribution >= 0.6 is 0 Å². The third-order valence-electron chi connectivity index (χ3n) is 3.55. The van der Waals surface area contributed by atoms with E-state index in [0.717, 1.165) is 5.56 Å². The van der Waals surface area contributed by atoms with Crippen LogP contribution in [0.1, 0.15) is 26.3 Å². The molecule has 156 valence electrons. The number of hydrogen-bond acceptors (Lipinski definition) is 8. The second-order valence-corrected chi connectivity index (χ2v) is 5.55. The van der Waals surface area contributed by atoms with E-state index in [2.05, 4.69) is 5.32 Å². The number of hydrogen-bond donors (Lipinski definition) is 2. The molecule has 0 radical (unpaired) electrons. The summed E-state index contributed by atoms with van der Waals surface area (Å²) in [5, 5.41) is 12.6. The summed E-state index contributed by atoms with van der Waals surface area (Å²) in [4.78, 5) is 36.4. The van der Waals surface area contributed by atoms with Gasteiger partial charge in [0.1, 0.15) is 12.7 Å². The van der Waals surface area contributed by atoms with Crippen LogP contribution in [0.4, 0.5) is 4.79 Å². The van der Waals surface area contributed by atoms with Gasteiger partial charge in [-0.25, -0.2) is 14.4 Å². The van der Waals surface area contributed by atoms with E-state index in [1.165, 1.54) is 0 Å². The van der Waals surface area contributed by atoms with Crippen LogP contribution in [0.3, 0.4) is 0 Å². The zero-order chi connectivity index (χ0) is 20.9. The van der Waals surface area contributed by atoms with Crippen molar-refractivity contribution >= 4 is 18.0 Å². The molecule has 0 saturated heterocycles. The summed E-state index contributed by atoms with van der Waals surface area (Å²) >= 11 is 0. The molecule has 0 aliphatic rings. The van der Waals surface area contributed by atoms with E-state index in [1.54, 1.807) is 45.0 Å². The second-order valence-electron chi connectivity index (χ2n) is 5.55. The van der Waals surface area contributed by atoms with Gasteiger partial charge in [0.05, 0.1) is 13.2 Å². The van der Waals surface area contributed by atoms with Crippen LogP contribution in [0.15, 0.2) is 30.3 Å². The number of benzene rings is 1. The van der Waals surface area contributed by atoms with Gasteiger partial charge in [-0.1, -0.05) is 30.3 Å². The van der Waals surface area contributed by atoms with Crippen LogP contribution in [-0.4, -0.2) is 61.2 Å². The fourth-order valence-corrected chi connectivity index (χ4v) is 2.32. The lowest BCUT2D eigenvalue weighted by atomic mass is 10.1. The fraction of sp³-hybridized carbons (Fsp3) is 0.526. The van der Waals surface area contributed by atoms with Gasteiger partial charge in [0.2, 0.25) is 0 Å². The summed E-state index contributed by atoms with van der Waals surface area (Å²) in [7, 11) is 0. The topological polar surface area (TPSA) is 120 Å². The van der Waals surface area contributed by atoms with Crippen LogP contribution in [-0.2, 0) is 35.1 Å². The summed E-state index contributed by atoms with van der Waals surface area (Å²) in [6.07, 6.45) is -4.14. The molecule has 3 atom stereocenters. The maximum atomic E-state index is 12.3. The summed E-state index contributed by atoms with van der Waals surface area (Å²) in [6, 6.07) is 7.47. The number of esters is 2. The van der Waals surface area contributed by atoms with Crippen molar-refractivity contribution in [3.05, 3.63) is 35.9 Å². The Morgan fingerprint density at radius 1 is 0.929 bits per heavy atom. The highest BCUT2D eigenvalue weighted by Crippen LogP contribution is 2.11. The monoisotopic (exact) mass is 397 g/mol. The number of nitrogens with one attached hydrogen (secondary N) is 1. The van der Waals surface area contributed by atoms with Gasteiger partial charge in [-0.05, 0) is 26.3 Å². The summed E-state index contributed by atoms with van der Waals surface area (Å²) in [6.45, 7) is 4.87. The number of ether oxygens (including phenoxy) is 4. The maximum absolute atomic E-state index is 12.3. The predicted molar refractivity (Wildman–Crippen MR) is 98.2 cm³/mol. The Bertz CT molecular complexity index is 622. The molecule has 0 unspecified atom stereocenters. The molecule has 1 rings (SSSR count). The quantitative estimate of drug-likeness (QED) is 0.422. The molecular weight excluding hydrogens is 370 g/mol. The van der Waals surface area contributed by atoms with Crippen molar-refractivity contribution in [1.82, 2.24) is 5.32 Å². The Morgan fingerprint density at radius 3 is 2.11 bits per heavy atom. The third kappa shape index (κ3) is 7.53. The molecule has 0 saturated carbocycles. The Morgan fingerprint density at radius 2 is 1.54 bits per heavy atom. The smallest absolute Gasteiger partial charge is 0.408 e. The first-order valence-electron chi connectivity index (χ1n) is 9.04. The highest BCUT2D eigenvalue weighted by atomic mass is 16.6. The molecule has 9 nitrogen and oxygen atoms in total. The molecule has 1 amide bonds. The van der Waals surface area contributed by atoms with Crippen LogP contribution < -0.4 is 5.32 Å². The zero-order valence-corrected chi connectivity index (χ0v) is 16.3. The highest BCUT2D eigenvalue weighted by molar-refractivity contribution is 5.84. The molecule has 0 aliphatic carbocycles. The van der Waals surface area contributed by atoms with Crippen molar-refractivity contribution in [3.63, 3.8) is 0 Å². The van der Waals surface area contributed by atoms with Gasteiger partial charge in [0.15, 0.2) is 12.1 Å². The van der Waals surface area contributed by atoms with Crippen LogP contribution in [0.5, 0.6) is 0 Å². The van der Waals surface area contributed by atoms with Crippen molar-refractivity contribution < 1.29 is 38.4 Å². The minimum absolute atomic E-state index is 0.0258. The molecule has 0 fully saturated rings. The Hall–Kier alpha value is -2.65. The van der Waals surface area contributed by atoms with Crippen LogP contribution in [0.25, 0.3) is 0 Å². The van der Waals surface area contributed by atoms with E-state index in [-0.39, 0.29) is 26.4 Å². The lowest BCUT2D eigenvalue weighted by Crippen LogP contribution is -2.56. The minimum Gasteiger partial charge on any atom is -0.464 e. The predicted octanol–water partition coefficient (Wildman–Crippen LogP) is 1.17. The third-order valence-corrected chi connectivity index (χ3v) is 3.55. The van der Waals surface area contributed by atoms with Crippen molar-refractivity contribution in [2.24, 2.45) is 0 Å². The lowest BCUT2D eigenvalue weighted by molar-refractivity contribution is -0.168. The Labute approximate surface area is 163 Å². The molecule has 9 heteroatoms. The van der Waals surface area contributed by atoms with Crippen molar-refractivity contribution in [2.75, 3.05) is 19.8 Å². The SMILES string of the molecule is CCOC(=O)[C@@H](O)[C@@H](OCC)[C@H](NC(=O)OCc1ccccc1)C(=O)OCC. The Kier molecular flexibility index (Phi) is 10.6. The summed E-state index contributed by atoms with van der Waals surface area (Å²) in [5.74, 6) is -1.85. The van der Waals surface area contributed by atoms with Gasteiger partial charge >= 0.3 is 18.0 Å². The lowest BCUT2D eigenvalue weighted by Gasteiger charge is -2.28. The van der Waals surface area contributed by atoms with E-state index >= 15 is 0 Å². The van der Waals surface area contributed by atoms with Gasteiger partial charge in [-0.3, -0.25) is 0 Å². The second kappa shape index (κ2) is 12.7. The largest absolute Gasteiger partial charge is 0.464 e. The van der Waals surface area contributed by atoms with E-state index in [4.69, 9.17) is 18.9 Å². The first-order valence-corrected chi connectivity index (χ1v) is 9.04. The number of aliphatic hydroxyl groups excluding tert-OH is 1. The van der Waals surface area contributed by atoms with Gasteiger partial charge in [-0.15, -0.1) is 0 Å². The Balaban J connectivity index is 2.89. The van der Waals surface area contributed by atoms with Gasteiger partial charge in [-0.2, -0.15) is 0 Å². The summed E-state index contributed by atoms with van der Waals surface area (Å²) in [5.41, 5.74) is 0.748. The van der Waals surface area contributed by atoms with Crippen molar-refractivity contribution in [3.8, 4) is 0 Å². The van der Waals surface area contributed by atoms with E-state index in [0.29, 0.717) is 0 Å². The minimum atomic E-state index is -1.80. The molecule has 0 heterocycles. The van der Waals surface area contributed by atoms with Gasteiger partial charge < -0.3 is 29.4 Å². The average Bonchev–Trinajstić information content (AvgIpc) is 2.69. The molecule has 1 aromatic rings. The number of carbonyl (C=O) groups is 3. The standard InChI is InChI=1S/C19H27NO8/c1-4-25-16(15(21)18(23)27-6-3)14(17(22)26-5-2)20-19(24)28-12-13-10-8-7-9-11-13/h7-11,14-16,21H,4-6,12H2,1-3H3,(H,20,24)/t14-,15-,16-/m0/s1. The van der Waals surface area contributed by atoms with Crippen LogP contribution in [0.2, 0.25) is 0 Å². The maximum Gasteiger partial charge on any atom is 0.408 e. The van der Waals surface area contributed by atoms with E-state index < -0.39 is 36.3 Å². The normalized spacial score (nSPS) is 13.7. The molecule has 0 bridgehead atoms. The number of aliphatic hydroxyl groups is 1. The van der Waals surface area contributed by atoms with E-state index in [9.17, 15) is 19.5 Å². The van der Waals surface area contributed by atoms with Crippen molar-refractivity contribution in [1.29, 1.82) is 0 Å². The first-order chi connectivity index (χ1) is 13.4. The summed E-state index contributed by atoms with van der Waals surface area (Å²) < 4.78 is 20.1. The van der Waals surface area contributed by atoms with Gasteiger partial charge in [0.25, 0.3) is 0 Å². The molecule has 0 spiro atoms. The number of carbonyl (C=O) groups excluding carboxylic acids is 3. The fourth-order valence-electron chi connectivity index (χ4n) is 2.32. The van der Waals surface area contributed by atoms with Crippen molar-refractivity contribution in [2.45, 2.75) is 45.6 Å². The number of rotatable bonds is 11. The van der Waals surface area contributed by atoms with Crippen LogP contribution in [0, 0.1) is 0 Å². The highest BCUT2D eigenvalue weighted by Gasteiger charge is 2.41. The number of amides is 1. The average molecular weight is 397 g/mol. The molecule has 0 aromatic heterocycles. The molecule has 0 aliphatic heterocycles. The first kappa shape index (κ1) is 23.4. The zero-order valence-electron chi connectivity index (χ0n) is 16.3. The molecule has 1 aromatic carbocycles. The molecule has 28 heavy (non-hydrogen) atoms.